The second kappa shape index (κ2) is 5.59. The van der Waals surface area contributed by atoms with Gasteiger partial charge < -0.3 is 0 Å². The van der Waals surface area contributed by atoms with Crippen LogP contribution in [0.2, 0.25) is 15.1 Å². The molecule has 0 amide bonds. The molecule has 0 nitrogen and oxygen atoms in total. The average Bonchev–Trinajstić information content (AvgIpc) is 2.30. The molecule has 2 aromatic carbocycles. The van der Waals surface area contributed by atoms with E-state index in [1.54, 1.807) is 12.1 Å². The van der Waals surface area contributed by atoms with Gasteiger partial charge in [0.2, 0.25) is 0 Å². The highest BCUT2D eigenvalue weighted by atomic mass is 35.5. The van der Waals surface area contributed by atoms with Crippen molar-refractivity contribution in [2.45, 2.75) is 0 Å². The summed E-state index contributed by atoms with van der Waals surface area (Å²) in [5, 5.41) is 1.95. The lowest BCUT2D eigenvalue weighted by molar-refractivity contribution is 1.64. The minimum atomic E-state index is 0.626. The summed E-state index contributed by atoms with van der Waals surface area (Å²) >= 11 is 18.2. The minimum Gasteiger partial charge on any atom is -0.0837 e. The van der Waals surface area contributed by atoms with Crippen LogP contribution in [0.4, 0.5) is 0 Å². The first-order valence-electron chi connectivity index (χ1n) is 5.05. The topological polar surface area (TPSA) is 0 Å². The summed E-state index contributed by atoms with van der Waals surface area (Å²) < 4.78 is 0. The normalized spacial score (nSPS) is 11.0. The first kappa shape index (κ1) is 12.5. The van der Waals surface area contributed by atoms with Gasteiger partial charge in [0.1, 0.15) is 0 Å². The van der Waals surface area contributed by atoms with Gasteiger partial charge in [0.15, 0.2) is 0 Å². The van der Waals surface area contributed by atoms with Gasteiger partial charge >= 0.3 is 0 Å². The molecule has 0 saturated carbocycles. The van der Waals surface area contributed by atoms with Gasteiger partial charge in [0.25, 0.3) is 0 Å². The van der Waals surface area contributed by atoms with E-state index in [1.807, 2.05) is 42.5 Å². The highest BCUT2D eigenvalue weighted by Crippen LogP contribution is 2.27. The minimum absolute atomic E-state index is 0.626. The second-order valence-electron chi connectivity index (χ2n) is 3.49. The molecule has 0 N–H and O–H groups in total. The Bertz CT molecular complexity index is 539. The number of rotatable bonds is 2. The van der Waals surface area contributed by atoms with Crippen LogP contribution in [0.3, 0.4) is 0 Å². The SMILES string of the molecule is Clc1ccccc1/C=C/c1c(Cl)cccc1Cl. The molecule has 3 heteroatoms. The van der Waals surface area contributed by atoms with Crippen molar-refractivity contribution >= 4 is 47.0 Å². The third kappa shape index (κ3) is 3.04. The fourth-order valence-corrected chi connectivity index (χ4v) is 2.18. The predicted molar refractivity (Wildman–Crippen MR) is 76.8 cm³/mol. The van der Waals surface area contributed by atoms with E-state index < -0.39 is 0 Å². The summed E-state index contributed by atoms with van der Waals surface area (Å²) in [5.74, 6) is 0. The van der Waals surface area contributed by atoms with E-state index in [4.69, 9.17) is 34.8 Å². The smallest absolute Gasteiger partial charge is 0.0493 e. The first-order chi connectivity index (χ1) is 8.18. The van der Waals surface area contributed by atoms with E-state index in [9.17, 15) is 0 Å². The summed E-state index contributed by atoms with van der Waals surface area (Å²) in [6.45, 7) is 0. The summed E-state index contributed by atoms with van der Waals surface area (Å²) in [4.78, 5) is 0. The van der Waals surface area contributed by atoms with Gasteiger partial charge in [-0.2, -0.15) is 0 Å². The largest absolute Gasteiger partial charge is 0.0837 e. The van der Waals surface area contributed by atoms with Gasteiger partial charge in [-0.1, -0.05) is 71.2 Å². The number of hydrogen-bond acceptors (Lipinski definition) is 0. The van der Waals surface area contributed by atoms with Crippen molar-refractivity contribution in [2.75, 3.05) is 0 Å². The molecular weight excluding hydrogens is 275 g/mol. The van der Waals surface area contributed by atoms with Crippen LogP contribution in [-0.4, -0.2) is 0 Å². The van der Waals surface area contributed by atoms with E-state index in [0.29, 0.717) is 15.1 Å². The zero-order valence-corrected chi connectivity index (χ0v) is 11.1. The van der Waals surface area contributed by atoms with Crippen molar-refractivity contribution in [2.24, 2.45) is 0 Å². The van der Waals surface area contributed by atoms with Crippen molar-refractivity contribution in [1.29, 1.82) is 0 Å². The van der Waals surface area contributed by atoms with Crippen molar-refractivity contribution in [3.8, 4) is 0 Å². The third-order valence-corrected chi connectivity index (χ3v) is 3.34. The van der Waals surface area contributed by atoms with Crippen LogP contribution in [0.5, 0.6) is 0 Å². The lowest BCUT2D eigenvalue weighted by atomic mass is 10.1. The maximum Gasteiger partial charge on any atom is 0.0493 e. The van der Waals surface area contributed by atoms with Crippen LogP contribution in [0, 0.1) is 0 Å². The zero-order valence-electron chi connectivity index (χ0n) is 8.83. The molecule has 2 aromatic rings. The Balaban J connectivity index is 2.36. The molecule has 0 unspecified atom stereocenters. The summed E-state index contributed by atoms with van der Waals surface area (Å²) in [7, 11) is 0. The van der Waals surface area contributed by atoms with E-state index >= 15 is 0 Å². The Labute approximate surface area is 115 Å². The van der Waals surface area contributed by atoms with Gasteiger partial charge in [-0.15, -0.1) is 0 Å². The standard InChI is InChI=1S/C14H9Cl3/c15-12-5-2-1-4-10(12)8-9-11-13(16)6-3-7-14(11)17/h1-9H/b9-8+. The number of hydrogen-bond donors (Lipinski definition) is 0. The van der Waals surface area contributed by atoms with Crippen molar-refractivity contribution < 1.29 is 0 Å². The molecule has 0 aliphatic carbocycles. The molecule has 0 aliphatic heterocycles. The summed E-state index contributed by atoms with van der Waals surface area (Å²) in [6.07, 6.45) is 3.77. The lowest BCUT2D eigenvalue weighted by Crippen LogP contribution is -1.78. The molecule has 0 bridgehead atoms. The van der Waals surface area contributed by atoms with Crippen molar-refractivity contribution in [1.82, 2.24) is 0 Å². The molecule has 0 saturated heterocycles. The van der Waals surface area contributed by atoms with E-state index in [2.05, 4.69) is 0 Å². The van der Waals surface area contributed by atoms with Crippen molar-refractivity contribution in [3.63, 3.8) is 0 Å². The molecule has 0 fully saturated rings. The molecule has 17 heavy (non-hydrogen) atoms. The Morgan fingerprint density at radius 3 is 1.88 bits per heavy atom. The second-order valence-corrected chi connectivity index (χ2v) is 4.71. The van der Waals surface area contributed by atoms with Crippen LogP contribution in [0.15, 0.2) is 42.5 Å². The molecule has 0 aliphatic rings. The lowest BCUT2D eigenvalue weighted by Gasteiger charge is -2.01. The van der Waals surface area contributed by atoms with Crippen LogP contribution < -0.4 is 0 Å². The molecule has 2 rings (SSSR count). The van der Waals surface area contributed by atoms with Crippen LogP contribution in [-0.2, 0) is 0 Å². The highest BCUT2D eigenvalue weighted by molar-refractivity contribution is 6.37. The quantitative estimate of drug-likeness (QED) is 0.609. The van der Waals surface area contributed by atoms with Crippen LogP contribution in [0.1, 0.15) is 11.1 Å². The Hall–Kier alpha value is -0.950. The monoisotopic (exact) mass is 282 g/mol. The highest BCUT2D eigenvalue weighted by Gasteiger charge is 2.01. The fourth-order valence-electron chi connectivity index (χ4n) is 1.45. The molecule has 0 aromatic heterocycles. The summed E-state index contributed by atoms with van der Waals surface area (Å²) in [6, 6.07) is 13.0. The predicted octanol–water partition coefficient (Wildman–Crippen LogP) is 5.82. The molecule has 86 valence electrons. The van der Waals surface area contributed by atoms with Gasteiger partial charge in [-0.3, -0.25) is 0 Å². The average molecular weight is 284 g/mol. The molecule has 0 heterocycles. The molecular formula is C14H9Cl3. The van der Waals surface area contributed by atoms with E-state index in [1.165, 1.54) is 0 Å². The Morgan fingerprint density at radius 1 is 0.647 bits per heavy atom. The molecule has 0 spiro atoms. The maximum absolute atomic E-state index is 6.07. The number of benzene rings is 2. The van der Waals surface area contributed by atoms with E-state index in [0.717, 1.165) is 11.1 Å². The molecule has 0 radical (unpaired) electrons. The zero-order chi connectivity index (χ0) is 12.3. The van der Waals surface area contributed by atoms with Gasteiger partial charge in [-0.05, 0) is 23.8 Å². The van der Waals surface area contributed by atoms with E-state index in [-0.39, 0.29) is 0 Å². The summed E-state index contributed by atoms with van der Waals surface area (Å²) in [5.41, 5.74) is 1.74. The van der Waals surface area contributed by atoms with Crippen LogP contribution in [0.25, 0.3) is 12.2 Å². The first-order valence-corrected chi connectivity index (χ1v) is 6.18. The molecule has 0 atom stereocenters. The van der Waals surface area contributed by atoms with Crippen LogP contribution >= 0.6 is 34.8 Å². The third-order valence-electron chi connectivity index (χ3n) is 2.33. The maximum atomic E-state index is 6.07. The van der Waals surface area contributed by atoms with Gasteiger partial charge in [0.05, 0.1) is 0 Å². The van der Waals surface area contributed by atoms with Crippen molar-refractivity contribution in [3.05, 3.63) is 68.7 Å². The van der Waals surface area contributed by atoms with Gasteiger partial charge in [-0.25, -0.2) is 0 Å². The Kier molecular flexibility index (Phi) is 4.11. The number of halogens is 3. The Morgan fingerprint density at radius 2 is 1.24 bits per heavy atom. The van der Waals surface area contributed by atoms with Gasteiger partial charge in [0, 0.05) is 20.6 Å². The fraction of sp³-hybridized carbons (Fsp3) is 0.